The van der Waals surface area contributed by atoms with Crippen LogP contribution in [-0.4, -0.2) is 36.5 Å². The van der Waals surface area contributed by atoms with Crippen molar-refractivity contribution >= 4 is 23.9 Å². The summed E-state index contributed by atoms with van der Waals surface area (Å²) in [5.41, 5.74) is 0.484. The van der Waals surface area contributed by atoms with Crippen molar-refractivity contribution < 1.29 is 19.1 Å². The molecule has 2 unspecified atom stereocenters. The van der Waals surface area contributed by atoms with E-state index >= 15 is 0 Å². The van der Waals surface area contributed by atoms with E-state index in [2.05, 4.69) is 10.4 Å². The maximum atomic E-state index is 12.5. The molecule has 0 aromatic heterocycles. The molecule has 0 aliphatic rings. The van der Waals surface area contributed by atoms with E-state index in [9.17, 15) is 14.4 Å². The second kappa shape index (κ2) is 9.34. The van der Waals surface area contributed by atoms with Crippen LogP contribution in [-0.2, 0) is 19.1 Å². The van der Waals surface area contributed by atoms with Gasteiger partial charge in [0.2, 0.25) is 5.91 Å². The van der Waals surface area contributed by atoms with Crippen LogP contribution in [0.25, 0.3) is 0 Å². The van der Waals surface area contributed by atoms with E-state index in [1.54, 1.807) is 37.3 Å². The number of ketones is 1. The third-order valence-corrected chi connectivity index (χ3v) is 3.25. The number of nitrogens with two attached hydrogens (primary N) is 1. The Morgan fingerprint density at radius 1 is 1.30 bits per heavy atom. The number of rotatable bonds is 8. The highest BCUT2D eigenvalue weighted by atomic mass is 16.5. The molecule has 7 nitrogen and oxygen atoms in total. The maximum absolute atomic E-state index is 12.5. The Balaban J connectivity index is 2.97. The van der Waals surface area contributed by atoms with Crippen molar-refractivity contribution in [3.63, 3.8) is 0 Å². The summed E-state index contributed by atoms with van der Waals surface area (Å²) in [5, 5.41) is 5.81. The molecule has 0 fully saturated rings. The van der Waals surface area contributed by atoms with Gasteiger partial charge in [0.1, 0.15) is 6.61 Å². The van der Waals surface area contributed by atoms with Gasteiger partial charge in [-0.05, 0) is 18.9 Å². The van der Waals surface area contributed by atoms with Gasteiger partial charge in [-0.1, -0.05) is 37.3 Å². The fourth-order valence-electron chi connectivity index (χ4n) is 2.03. The lowest BCUT2D eigenvalue weighted by Crippen LogP contribution is -2.44. The molecule has 0 heterocycles. The first-order valence-corrected chi connectivity index (χ1v) is 7.25. The summed E-state index contributed by atoms with van der Waals surface area (Å²) in [7, 11) is 0. The Morgan fingerprint density at radius 3 is 2.48 bits per heavy atom. The first-order valence-electron chi connectivity index (χ1n) is 7.25. The Morgan fingerprint density at radius 2 is 1.96 bits per heavy atom. The molecule has 1 rings (SSSR count). The molecule has 23 heavy (non-hydrogen) atoms. The summed E-state index contributed by atoms with van der Waals surface area (Å²) >= 11 is 0. The fourth-order valence-corrected chi connectivity index (χ4v) is 2.03. The van der Waals surface area contributed by atoms with Gasteiger partial charge in [0.05, 0.1) is 12.3 Å². The van der Waals surface area contributed by atoms with E-state index in [0.29, 0.717) is 12.0 Å². The van der Waals surface area contributed by atoms with E-state index in [1.165, 1.54) is 13.1 Å². The average Bonchev–Trinajstić information content (AvgIpc) is 2.53. The predicted octanol–water partition coefficient (Wildman–Crippen LogP) is 0.742. The van der Waals surface area contributed by atoms with Crippen molar-refractivity contribution in [1.29, 1.82) is 0 Å². The largest absolute Gasteiger partial charge is 0.459 e. The zero-order chi connectivity index (χ0) is 17.2. The molecular weight excluding hydrogens is 298 g/mol. The normalized spacial score (nSPS) is 13.3. The van der Waals surface area contributed by atoms with Crippen molar-refractivity contribution in [1.82, 2.24) is 5.32 Å². The Hall–Kier alpha value is -2.70. The maximum Gasteiger partial charge on any atom is 0.323 e. The van der Waals surface area contributed by atoms with E-state index in [0.717, 1.165) is 0 Å². The van der Waals surface area contributed by atoms with Gasteiger partial charge in [-0.25, -0.2) is 0 Å². The number of carbonyl (C=O) groups excluding carboxylic acids is 3. The molecular formula is C16H21N3O4. The molecule has 0 spiro atoms. The highest BCUT2D eigenvalue weighted by Crippen LogP contribution is 2.18. The van der Waals surface area contributed by atoms with Crippen molar-refractivity contribution in [2.75, 3.05) is 6.61 Å². The van der Waals surface area contributed by atoms with Gasteiger partial charge >= 0.3 is 5.97 Å². The van der Waals surface area contributed by atoms with Crippen molar-refractivity contribution in [3.05, 3.63) is 35.9 Å². The van der Waals surface area contributed by atoms with Gasteiger partial charge in [-0.3, -0.25) is 14.4 Å². The number of hydrogen-bond acceptors (Lipinski definition) is 6. The average molecular weight is 319 g/mol. The summed E-state index contributed by atoms with van der Waals surface area (Å²) in [6, 6.07) is 7.87. The fraction of sp³-hybridized carbons (Fsp3) is 0.375. The van der Waals surface area contributed by atoms with Crippen LogP contribution >= 0.6 is 0 Å². The highest BCUT2D eigenvalue weighted by Gasteiger charge is 2.31. The van der Waals surface area contributed by atoms with Crippen LogP contribution in [0.2, 0.25) is 0 Å². The van der Waals surface area contributed by atoms with Gasteiger partial charge < -0.3 is 15.9 Å². The third kappa shape index (κ3) is 5.54. The molecule has 1 aromatic rings. The van der Waals surface area contributed by atoms with Gasteiger partial charge in [0, 0.05) is 0 Å². The van der Waals surface area contributed by atoms with Crippen molar-refractivity contribution in [3.8, 4) is 0 Å². The third-order valence-electron chi connectivity index (χ3n) is 3.25. The molecule has 7 heteroatoms. The van der Waals surface area contributed by atoms with E-state index in [-0.39, 0.29) is 12.4 Å². The molecule has 0 radical (unpaired) electrons. The molecule has 3 N–H and O–H groups in total. The molecule has 0 saturated heterocycles. The van der Waals surface area contributed by atoms with Crippen LogP contribution in [0.15, 0.2) is 35.4 Å². The second-order valence-electron chi connectivity index (χ2n) is 4.89. The number of amides is 1. The Kier molecular flexibility index (Phi) is 7.45. The summed E-state index contributed by atoms with van der Waals surface area (Å²) < 4.78 is 4.98. The summed E-state index contributed by atoms with van der Waals surface area (Å²) in [6.45, 7) is 3.04. The minimum absolute atomic E-state index is 0.129. The zero-order valence-corrected chi connectivity index (χ0v) is 13.2. The molecule has 1 aromatic carbocycles. The Bertz CT molecular complexity index is 572. The Labute approximate surface area is 134 Å². The van der Waals surface area contributed by atoms with E-state index < -0.39 is 23.8 Å². The van der Waals surface area contributed by atoms with Crippen LogP contribution < -0.4 is 11.2 Å². The lowest BCUT2D eigenvalue weighted by Gasteiger charge is -2.19. The van der Waals surface area contributed by atoms with Gasteiger partial charge in [0.25, 0.3) is 0 Å². The highest BCUT2D eigenvalue weighted by molar-refractivity contribution is 6.04. The summed E-state index contributed by atoms with van der Waals surface area (Å²) in [4.78, 5) is 36.2. The zero-order valence-electron chi connectivity index (χ0n) is 13.2. The number of ether oxygens (including phenoxy) is 1. The van der Waals surface area contributed by atoms with Crippen LogP contribution in [0.5, 0.6) is 0 Å². The smallest absolute Gasteiger partial charge is 0.323 e. The van der Waals surface area contributed by atoms with E-state index in [4.69, 9.17) is 10.6 Å². The van der Waals surface area contributed by atoms with Crippen LogP contribution in [0.3, 0.4) is 0 Å². The molecule has 0 saturated carbocycles. The topological polar surface area (TPSA) is 111 Å². The molecule has 124 valence electrons. The lowest BCUT2D eigenvalue weighted by molar-refractivity contribution is -0.147. The SMILES string of the molecule is CCC(NC(=O)C(C(=O)OCC=NN)c1ccccc1)C(C)=O. The van der Waals surface area contributed by atoms with Crippen molar-refractivity contribution in [2.24, 2.45) is 10.9 Å². The lowest BCUT2D eigenvalue weighted by atomic mass is 9.97. The van der Waals surface area contributed by atoms with Gasteiger partial charge in [0.15, 0.2) is 11.7 Å². The standard InChI is InChI=1S/C16H21N3O4/c1-3-13(11(2)20)19-15(21)14(12-7-5-4-6-8-12)16(22)23-10-9-18-17/h4-9,13-14H,3,10,17H2,1-2H3,(H,19,21). The molecule has 0 aliphatic carbocycles. The molecule has 1 amide bonds. The monoisotopic (exact) mass is 319 g/mol. The first-order chi connectivity index (χ1) is 11.0. The number of nitrogens with one attached hydrogen (secondary N) is 1. The first kappa shape index (κ1) is 18.3. The van der Waals surface area contributed by atoms with Crippen LogP contribution in [0, 0.1) is 0 Å². The number of benzene rings is 1. The van der Waals surface area contributed by atoms with Crippen molar-refractivity contribution in [2.45, 2.75) is 32.2 Å². The quantitative estimate of drug-likeness (QED) is 0.241. The van der Waals surface area contributed by atoms with Gasteiger partial charge in [-0.15, -0.1) is 0 Å². The van der Waals surface area contributed by atoms with Gasteiger partial charge in [-0.2, -0.15) is 5.10 Å². The number of Topliss-reactive ketones (excluding diaryl/α,β-unsaturated/α-hetero) is 1. The number of carbonyl (C=O) groups is 3. The number of nitrogens with zero attached hydrogens (tertiary/aromatic N) is 1. The summed E-state index contributed by atoms with van der Waals surface area (Å²) in [6.07, 6.45) is 1.65. The molecule has 0 aliphatic heterocycles. The minimum atomic E-state index is -1.16. The minimum Gasteiger partial charge on any atom is -0.459 e. The number of hydrogen-bond donors (Lipinski definition) is 2. The summed E-state index contributed by atoms with van der Waals surface area (Å²) in [5.74, 6) is 2.31. The predicted molar refractivity (Wildman–Crippen MR) is 85.7 cm³/mol. The van der Waals surface area contributed by atoms with Crippen LogP contribution in [0.4, 0.5) is 0 Å². The van der Waals surface area contributed by atoms with E-state index in [1.807, 2.05) is 0 Å². The second-order valence-corrected chi connectivity index (χ2v) is 4.89. The molecule has 2 atom stereocenters. The van der Waals surface area contributed by atoms with Crippen LogP contribution in [0.1, 0.15) is 31.7 Å². The number of esters is 1. The molecule has 0 bridgehead atoms. The number of hydrazone groups is 1.